The van der Waals surface area contributed by atoms with Crippen molar-refractivity contribution in [2.24, 2.45) is 0 Å². The van der Waals surface area contributed by atoms with Gasteiger partial charge in [0.25, 0.3) is 5.91 Å². The van der Waals surface area contributed by atoms with Crippen LogP contribution in [0.25, 0.3) is 0 Å². The number of hydrogen-bond acceptors (Lipinski definition) is 6. The summed E-state index contributed by atoms with van der Waals surface area (Å²) in [6.45, 7) is 0.660. The maximum atomic E-state index is 12.9. The summed E-state index contributed by atoms with van der Waals surface area (Å²) in [5, 5.41) is 0. The number of amides is 1. The van der Waals surface area contributed by atoms with E-state index in [0.717, 1.165) is 36.3 Å². The van der Waals surface area contributed by atoms with Gasteiger partial charge < -0.3 is 14.1 Å². The molecule has 0 saturated carbocycles. The smallest absolute Gasteiger partial charge is 0.274 e. The molecule has 4 rings (SSSR count). The van der Waals surface area contributed by atoms with Gasteiger partial charge in [0.05, 0.1) is 19.5 Å². The molecule has 1 amide bonds. The van der Waals surface area contributed by atoms with Crippen LogP contribution in [0, 0.1) is 0 Å². The normalized spacial score (nSPS) is 16.8. The summed E-state index contributed by atoms with van der Waals surface area (Å²) in [6, 6.07) is 7.69. The molecular weight excluding hydrogens is 356 g/mol. The second kappa shape index (κ2) is 8.21. The Morgan fingerprint density at radius 1 is 1.25 bits per heavy atom. The Kier molecular flexibility index (Phi) is 5.32. The molecule has 1 saturated heterocycles. The first-order valence-electron chi connectivity index (χ1n) is 9.39. The van der Waals surface area contributed by atoms with E-state index in [1.807, 2.05) is 24.3 Å². The maximum Gasteiger partial charge on any atom is 0.274 e. The minimum Gasteiger partial charge on any atom is -0.497 e. The average molecular weight is 378 g/mol. The van der Waals surface area contributed by atoms with Gasteiger partial charge in [-0.05, 0) is 37.0 Å². The van der Waals surface area contributed by atoms with E-state index in [4.69, 9.17) is 9.15 Å². The minimum absolute atomic E-state index is 0.134. The molecule has 7 nitrogen and oxygen atoms in total. The SMILES string of the molecule is COc1cccc(Cc2cnc(C3CCCCN3C(=O)c3cnccn3)o2)c1. The van der Waals surface area contributed by atoms with Crippen molar-refractivity contribution in [3.63, 3.8) is 0 Å². The van der Waals surface area contributed by atoms with Gasteiger partial charge in [-0.3, -0.25) is 9.78 Å². The maximum absolute atomic E-state index is 12.9. The van der Waals surface area contributed by atoms with E-state index in [1.165, 1.54) is 12.4 Å². The first kappa shape index (κ1) is 18.2. The van der Waals surface area contributed by atoms with Crippen LogP contribution in [0.2, 0.25) is 0 Å². The topological polar surface area (TPSA) is 81.4 Å². The quantitative estimate of drug-likeness (QED) is 0.677. The summed E-state index contributed by atoms with van der Waals surface area (Å²) in [5.74, 6) is 2.02. The molecule has 2 aromatic heterocycles. The van der Waals surface area contributed by atoms with Crippen molar-refractivity contribution >= 4 is 5.91 Å². The molecule has 0 spiro atoms. The fraction of sp³-hybridized carbons (Fsp3) is 0.333. The molecule has 0 N–H and O–H groups in total. The predicted octanol–water partition coefficient (Wildman–Crippen LogP) is 3.43. The number of rotatable bonds is 5. The van der Waals surface area contributed by atoms with Gasteiger partial charge in [0, 0.05) is 25.4 Å². The third kappa shape index (κ3) is 3.88. The zero-order valence-electron chi connectivity index (χ0n) is 15.7. The Bertz CT molecular complexity index is 942. The van der Waals surface area contributed by atoms with Crippen molar-refractivity contribution in [3.8, 4) is 5.75 Å². The molecule has 3 heterocycles. The van der Waals surface area contributed by atoms with E-state index in [-0.39, 0.29) is 11.9 Å². The van der Waals surface area contributed by atoms with Crippen molar-refractivity contribution in [1.82, 2.24) is 19.9 Å². The van der Waals surface area contributed by atoms with Crippen LogP contribution < -0.4 is 4.74 Å². The fourth-order valence-corrected chi connectivity index (χ4v) is 3.53. The van der Waals surface area contributed by atoms with Gasteiger partial charge in [-0.25, -0.2) is 9.97 Å². The highest BCUT2D eigenvalue weighted by atomic mass is 16.5. The van der Waals surface area contributed by atoms with Gasteiger partial charge in [-0.2, -0.15) is 0 Å². The number of aromatic nitrogens is 3. The van der Waals surface area contributed by atoms with Gasteiger partial charge in [-0.1, -0.05) is 12.1 Å². The van der Waals surface area contributed by atoms with Crippen molar-refractivity contribution in [1.29, 1.82) is 0 Å². The van der Waals surface area contributed by atoms with E-state index < -0.39 is 0 Å². The van der Waals surface area contributed by atoms with E-state index in [2.05, 4.69) is 15.0 Å². The number of methoxy groups -OCH3 is 1. The second-order valence-corrected chi connectivity index (χ2v) is 6.79. The van der Waals surface area contributed by atoms with Crippen LogP contribution in [0.15, 0.2) is 53.5 Å². The van der Waals surface area contributed by atoms with Crippen LogP contribution in [0.5, 0.6) is 5.75 Å². The standard InChI is InChI=1S/C21H22N4O3/c1-27-16-6-4-5-15(11-16)12-17-13-24-20(28-17)19-7-2-3-10-25(19)21(26)18-14-22-8-9-23-18/h4-6,8-9,11,13-14,19H,2-3,7,10,12H2,1H3. The second-order valence-electron chi connectivity index (χ2n) is 6.79. The summed E-state index contributed by atoms with van der Waals surface area (Å²) in [4.78, 5) is 27.3. The number of carbonyl (C=O) groups excluding carboxylic acids is 1. The zero-order valence-corrected chi connectivity index (χ0v) is 15.7. The molecule has 1 atom stereocenters. The molecular formula is C21H22N4O3. The lowest BCUT2D eigenvalue weighted by molar-refractivity contribution is 0.0563. The average Bonchev–Trinajstić information content (AvgIpc) is 3.22. The number of hydrogen-bond donors (Lipinski definition) is 0. The van der Waals surface area contributed by atoms with E-state index >= 15 is 0 Å². The first-order valence-corrected chi connectivity index (χ1v) is 9.39. The molecule has 1 unspecified atom stereocenters. The van der Waals surface area contributed by atoms with Gasteiger partial charge in [0.15, 0.2) is 0 Å². The molecule has 28 heavy (non-hydrogen) atoms. The van der Waals surface area contributed by atoms with Gasteiger partial charge in [0.2, 0.25) is 5.89 Å². The number of nitrogens with zero attached hydrogens (tertiary/aromatic N) is 4. The summed E-state index contributed by atoms with van der Waals surface area (Å²) in [5.41, 5.74) is 1.43. The number of oxazole rings is 1. The van der Waals surface area contributed by atoms with Crippen LogP contribution >= 0.6 is 0 Å². The summed E-state index contributed by atoms with van der Waals surface area (Å²) < 4.78 is 11.3. The van der Waals surface area contributed by atoms with Crippen molar-refractivity contribution in [3.05, 3.63) is 72.0 Å². The number of piperidine rings is 1. The predicted molar refractivity (Wildman–Crippen MR) is 102 cm³/mol. The molecule has 144 valence electrons. The van der Waals surface area contributed by atoms with E-state index in [9.17, 15) is 4.79 Å². The highest BCUT2D eigenvalue weighted by Gasteiger charge is 2.32. The summed E-state index contributed by atoms with van der Waals surface area (Å²) in [7, 11) is 1.65. The van der Waals surface area contributed by atoms with Gasteiger partial charge >= 0.3 is 0 Å². The first-order chi connectivity index (χ1) is 13.7. The molecule has 0 aliphatic carbocycles. The van der Waals surface area contributed by atoms with Crippen molar-refractivity contribution < 1.29 is 13.9 Å². The Hall–Kier alpha value is -3.22. The molecule has 1 fully saturated rings. The summed E-state index contributed by atoms with van der Waals surface area (Å²) in [6.07, 6.45) is 9.77. The molecule has 0 bridgehead atoms. The highest BCUT2D eigenvalue weighted by Crippen LogP contribution is 2.32. The van der Waals surface area contributed by atoms with Crippen molar-refractivity contribution in [2.45, 2.75) is 31.7 Å². The third-order valence-electron chi connectivity index (χ3n) is 4.91. The van der Waals surface area contributed by atoms with Gasteiger partial charge in [-0.15, -0.1) is 0 Å². The number of likely N-dealkylation sites (tertiary alicyclic amines) is 1. The van der Waals surface area contributed by atoms with Crippen LogP contribution in [0.3, 0.4) is 0 Å². The molecule has 3 aromatic rings. The molecule has 0 radical (unpaired) electrons. The molecule has 1 aliphatic heterocycles. The van der Waals surface area contributed by atoms with Crippen molar-refractivity contribution in [2.75, 3.05) is 13.7 Å². The lowest BCUT2D eigenvalue weighted by Gasteiger charge is -2.33. The Morgan fingerprint density at radius 3 is 3.00 bits per heavy atom. The lowest BCUT2D eigenvalue weighted by atomic mass is 10.0. The third-order valence-corrected chi connectivity index (χ3v) is 4.91. The number of carbonyl (C=O) groups is 1. The lowest BCUT2D eigenvalue weighted by Crippen LogP contribution is -2.39. The monoisotopic (exact) mass is 378 g/mol. The van der Waals surface area contributed by atoms with Crippen LogP contribution in [0.4, 0.5) is 0 Å². The Balaban J connectivity index is 1.53. The summed E-state index contributed by atoms with van der Waals surface area (Å²) >= 11 is 0. The van der Waals surface area contributed by atoms with E-state index in [1.54, 1.807) is 24.4 Å². The van der Waals surface area contributed by atoms with E-state index in [0.29, 0.717) is 24.6 Å². The molecule has 1 aromatic carbocycles. The Labute approximate surface area is 163 Å². The van der Waals surface area contributed by atoms with Crippen LogP contribution in [-0.4, -0.2) is 39.4 Å². The molecule has 7 heteroatoms. The number of benzene rings is 1. The minimum atomic E-state index is -0.178. The molecule has 1 aliphatic rings. The zero-order chi connectivity index (χ0) is 19.3. The fourth-order valence-electron chi connectivity index (χ4n) is 3.53. The highest BCUT2D eigenvalue weighted by molar-refractivity contribution is 5.92. The number of ether oxygens (including phenoxy) is 1. The Morgan fingerprint density at radius 2 is 2.18 bits per heavy atom. The van der Waals surface area contributed by atoms with Crippen LogP contribution in [-0.2, 0) is 6.42 Å². The largest absolute Gasteiger partial charge is 0.497 e. The van der Waals surface area contributed by atoms with Crippen LogP contribution in [0.1, 0.15) is 53.0 Å². The van der Waals surface area contributed by atoms with Gasteiger partial charge in [0.1, 0.15) is 23.2 Å².